The predicted molar refractivity (Wildman–Crippen MR) is 85.4 cm³/mol. The fourth-order valence-electron chi connectivity index (χ4n) is 3.89. The average Bonchev–Trinajstić information content (AvgIpc) is 3.24. The summed E-state index contributed by atoms with van der Waals surface area (Å²) in [6, 6.07) is 0. The maximum absolute atomic E-state index is 12.6. The van der Waals surface area contributed by atoms with Crippen LogP contribution in [0.25, 0.3) is 0 Å². The minimum absolute atomic E-state index is 0.00335. The van der Waals surface area contributed by atoms with Crippen LogP contribution in [0, 0.1) is 11.3 Å². The molecule has 1 aliphatic carbocycles. The SMILES string of the molecule is Cn1cc([C@H]2CNC[C@@H]2C(=O)NCC2(C(N)=O)CCCC2)cn1. The van der Waals surface area contributed by atoms with Crippen molar-refractivity contribution in [2.24, 2.45) is 24.1 Å². The minimum Gasteiger partial charge on any atom is -0.369 e. The van der Waals surface area contributed by atoms with Crippen molar-refractivity contribution >= 4 is 11.8 Å². The monoisotopic (exact) mass is 319 g/mol. The van der Waals surface area contributed by atoms with E-state index < -0.39 is 5.41 Å². The van der Waals surface area contributed by atoms with Gasteiger partial charge in [0.2, 0.25) is 11.8 Å². The van der Waals surface area contributed by atoms with Gasteiger partial charge in [-0.15, -0.1) is 0 Å². The van der Waals surface area contributed by atoms with Crippen molar-refractivity contribution in [3.8, 4) is 0 Å². The molecular formula is C16H25N5O2. The molecule has 7 nitrogen and oxygen atoms in total. The molecule has 1 aliphatic heterocycles. The Labute approximate surface area is 136 Å². The Balaban J connectivity index is 1.64. The molecule has 0 bridgehead atoms. The first-order valence-corrected chi connectivity index (χ1v) is 8.29. The van der Waals surface area contributed by atoms with Crippen LogP contribution in [0.4, 0.5) is 0 Å². The molecule has 1 aromatic rings. The average molecular weight is 319 g/mol. The summed E-state index contributed by atoms with van der Waals surface area (Å²) < 4.78 is 1.75. The molecule has 0 aromatic carbocycles. The summed E-state index contributed by atoms with van der Waals surface area (Å²) in [6.45, 7) is 1.77. The van der Waals surface area contributed by atoms with Gasteiger partial charge in [-0.2, -0.15) is 5.10 Å². The number of nitrogens with two attached hydrogens (primary N) is 1. The van der Waals surface area contributed by atoms with Crippen molar-refractivity contribution in [2.45, 2.75) is 31.6 Å². The third-order valence-electron chi connectivity index (χ3n) is 5.39. The summed E-state index contributed by atoms with van der Waals surface area (Å²) in [7, 11) is 1.87. The van der Waals surface area contributed by atoms with E-state index in [9.17, 15) is 9.59 Å². The Morgan fingerprint density at radius 3 is 2.78 bits per heavy atom. The lowest BCUT2D eigenvalue weighted by atomic mass is 9.84. The second kappa shape index (κ2) is 6.31. The van der Waals surface area contributed by atoms with E-state index in [1.807, 2.05) is 19.4 Å². The maximum atomic E-state index is 12.6. The number of hydrogen-bond acceptors (Lipinski definition) is 4. The number of carbonyl (C=O) groups excluding carboxylic acids is 2. The van der Waals surface area contributed by atoms with Gasteiger partial charge in [0.1, 0.15) is 0 Å². The highest BCUT2D eigenvalue weighted by Crippen LogP contribution is 2.37. The quantitative estimate of drug-likeness (QED) is 0.704. The summed E-state index contributed by atoms with van der Waals surface area (Å²) in [4.78, 5) is 24.4. The van der Waals surface area contributed by atoms with Crippen LogP contribution in [0.1, 0.15) is 37.2 Å². The van der Waals surface area contributed by atoms with Gasteiger partial charge in [0.05, 0.1) is 17.5 Å². The molecule has 4 N–H and O–H groups in total. The maximum Gasteiger partial charge on any atom is 0.225 e. The number of hydrogen-bond donors (Lipinski definition) is 3. The van der Waals surface area contributed by atoms with Gasteiger partial charge in [-0.3, -0.25) is 14.3 Å². The lowest BCUT2D eigenvalue weighted by Gasteiger charge is -2.26. The van der Waals surface area contributed by atoms with Gasteiger partial charge in [0.15, 0.2) is 0 Å². The Bertz CT molecular complexity index is 591. The highest BCUT2D eigenvalue weighted by Gasteiger charge is 2.41. The van der Waals surface area contributed by atoms with Gasteiger partial charge >= 0.3 is 0 Å². The molecule has 3 rings (SSSR count). The first-order chi connectivity index (χ1) is 11.0. The van der Waals surface area contributed by atoms with E-state index in [0.29, 0.717) is 13.1 Å². The molecule has 0 unspecified atom stereocenters. The van der Waals surface area contributed by atoms with Gasteiger partial charge in [-0.1, -0.05) is 12.8 Å². The number of aryl methyl sites for hydroxylation is 1. The van der Waals surface area contributed by atoms with Crippen molar-refractivity contribution in [2.75, 3.05) is 19.6 Å². The number of aromatic nitrogens is 2. The normalized spacial score (nSPS) is 26.3. The van der Waals surface area contributed by atoms with Crippen LogP contribution in [0.15, 0.2) is 12.4 Å². The number of rotatable bonds is 5. The first-order valence-electron chi connectivity index (χ1n) is 8.29. The smallest absolute Gasteiger partial charge is 0.225 e. The fraction of sp³-hybridized carbons (Fsp3) is 0.688. The molecule has 2 heterocycles. The Kier molecular flexibility index (Phi) is 4.39. The summed E-state index contributed by atoms with van der Waals surface area (Å²) in [6.07, 6.45) is 7.33. The molecule has 2 fully saturated rings. The summed E-state index contributed by atoms with van der Waals surface area (Å²) in [5.41, 5.74) is 6.10. The van der Waals surface area contributed by atoms with Crippen LogP contribution in [0.2, 0.25) is 0 Å². The molecule has 1 aromatic heterocycles. The highest BCUT2D eigenvalue weighted by atomic mass is 16.2. The van der Waals surface area contributed by atoms with Crippen LogP contribution in [0.3, 0.4) is 0 Å². The molecule has 7 heteroatoms. The topological polar surface area (TPSA) is 102 Å². The molecule has 0 radical (unpaired) electrons. The van der Waals surface area contributed by atoms with E-state index in [-0.39, 0.29) is 23.7 Å². The van der Waals surface area contributed by atoms with E-state index in [1.54, 1.807) is 4.68 Å². The zero-order chi connectivity index (χ0) is 16.4. The number of nitrogens with one attached hydrogen (secondary N) is 2. The number of nitrogens with zero attached hydrogens (tertiary/aromatic N) is 2. The van der Waals surface area contributed by atoms with Gasteiger partial charge in [-0.05, 0) is 18.4 Å². The number of carbonyl (C=O) groups is 2. The fourth-order valence-corrected chi connectivity index (χ4v) is 3.89. The van der Waals surface area contributed by atoms with E-state index in [1.165, 1.54) is 0 Å². The number of primary amides is 1. The zero-order valence-electron chi connectivity index (χ0n) is 13.5. The van der Waals surface area contributed by atoms with Crippen LogP contribution in [0.5, 0.6) is 0 Å². The summed E-state index contributed by atoms with van der Waals surface area (Å²) >= 11 is 0. The highest BCUT2D eigenvalue weighted by molar-refractivity contribution is 5.84. The standard InChI is InChI=1S/C16H25N5O2/c1-21-9-11(6-20-21)12-7-18-8-13(12)14(22)19-10-16(15(17)23)4-2-3-5-16/h6,9,12-13,18H,2-5,7-8,10H2,1H3,(H2,17,23)(H,19,22)/t12-,13+/m1/s1. The van der Waals surface area contributed by atoms with Crippen molar-refractivity contribution in [1.82, 2.24) is 20.4 Å². The second-order valence-electron chi connectivity index (χ2n) is 6.89. The van der Waals surface area contributed by atoms with Crippen molar-refractivity contribution in [3.63, 3.8) is 0 Å². The first kappa shape index (κ1) is 16.0. The van der Waals surface area contributed by atoms with Crippen LogP contribution >= 0.6 is 0 Å². The molecule has 1 saturated heterocycles. The molecule has 126 valence electrons. The van der Waals surface area contributed by atoms with Crippen LogP contribution in [-0.2, 0) is 16.6 Å². The Morgan fingerprint density at radius 1 is 1.43 bits per heavy atom. The van der Waals surface area contributed by atoms with Gasteiger partial charge < -0.3 is 16.4 Å². The van der Waals surface area contributed by atoms with Crippen molar-refractivity contribution < 1.29 is 9.59 Å². The third kappa shape index (κ3) is 3.10. The lowest BCUT2D eigenvalue weighted by molar-refractivity contribution is -0.129. The van der Waals surface area contributed by atoms with Crippen LogP contribution in [-0.4, -0.2) is 41.2 Å². The van der Waals surface area contributed by atoms with Gasteiger partial charge in [0, 0.05) is 38.8 Å². The zero-order valence-corrected chi connectivity index (χ0v) is 13.5. The number of amides is 2. The van der Waals surface area contributed by atoms with Crippen molar-refractivity contribution in [3.05, 3.63) is 18.0 Å². The van der Waals surface area contributed by atoms with E-state index in [2.05, 4.69) is 15.7 Å². The molecule has 1 saturated carbocycles. The molecule has 2 atom stereocenters. The lowest BCUT2D eigenvalue weighted by Crippen LogP contribution is -2.46. The molecular weight excluding hydrogens is 294 g/mol. The predicted octanol–water partition coefficient (Wildman–Crippen LogP) is -0.115. The second-order valence-corrected chi connectivity index (χ2v) is 6.89. The molecule has 23 heavy (non-hydrogen) atoms. The molecule has 0 spiro atoms. The van der Waals surface area contributed by atoms with Crippen LogP contribution < -0.4 is 16.4 Å². The molecule has 2 aliphatic rings. The van der Waals surface area contributed by atoms with Crippen molar-refractivity contribution in [1.29, 1.82) is 0 Å². The molecule has 2 amide bonds. The van der Waals surface area contributed by atoms with Gasteiger partial charge in [-0.25, -0.2) is 0 Å². The van der Waals surface area contributed by atoms with E-state index >= 15 is 0 Å². The Hall–Kier alpha value is -1.89. The van der Waals surface area contributed by atoms with E-state index in [4.69, 9.17) is 5.73 Å². The summed E-state index contributed by atoms with van der Waals surface area (Å²) in [5.74, 6) is -0.303. The Morgan fingerprint density at radius 2 is 2.17 bits per heavy atom. The summed E-state index contributed by atoms with van der Waals surface area (Å²) in [5, 5.41) is 10.5. The van der Waals surface area contributed by atoms with E-state index in [0.717, 1.165) is 37.8 Å². The minimum atomic E-state index is -0.550. The largest absolute Gasteiger partial charge is 0.369 e. The third-order valence-corrected chi connectivity index (χ3v) is 5.39. The van der Waals surface area contributed by atoms with Gasteiger partial charge in [0.25, 0.3) is 0 Å².